The largest absolute Gasteiger partial charge is 0.446 e. The van der Waals surface area contributed by atoms with Gasteiger partial charge in [-0.05, 0) is 55.5 Å². The Labute approximate surface area is 185 Å². The molecule has 1 amide bonds. The highest BCUT2D eigenvalue weighted by Gasteiger charge is 2.30. The summed E-state index contributed by atoms with van der Waals surface area (Å²) in [5.74, 6) is 1.12. The average molecular weight is 423 g/mol. The van der Waals surface area contributed by atoms with Gasteiger partial charge in [-0.1, -0.05) is 24.3 Å². The number of carbonyl (C=O) groups is 1. The molecule has 158 valence electrons. The van der Waals surface area contributed by atoms with Crippen molar-refractivity contribution in [3.05, 3.63) is 66.5 Å². The van der Waals surface area contributed by atoms with Crippen LogP contribution in [0, 0.1) is 17.2 Å². The third kappa shape index (κ3) is 3.91. The number of aromatic amines is 1. The highest BCUT2D eigenvalue weighted by molar-refractivity contribution is 5.95. The number of rotatable bonds is 5. The van der Waals surface area contributed by atoms with Gasteiger partial charge in [-0.3, -0.25) is 5.32 Å². The van der Waals surface area contributed by atoms with Crippen molar-refractivity contribution in [2.24, 2.45) is 5.92 Å². The second-order valence-electron chi connectivity index (χ2n) is 7.97. The van der Waals surface area contributed by atoms with Crippen LogP contribution < -0.4 is 5.32 Å². The second-order valence-corrected chi connectivity index (χ2v) is 7.97. The standard InChI is InChI=1S/C25H21N5O2/c1-15(16-3-4-16)32-25(31)29-19-8-5-17(6-9-19)23-21(14-26)20-10-7-18(13-22(20)30-23)24-27-11-2-12-28-24/h2,5-13,15-16,30H,3-4H2,1H3,(H,29,31)/t15-/m1/s1. The molecule has 1 fully saturated rings. The Bertz CT molecular complexity index is 1320. The molecule has 2 aromatic carbocycles. The summed E-state index contributed by atoms with van der Waals surface area (Å²) >= 11 is 0. The minimum absolute atomic E-state index is 0.0648. The number of nitriles is 1. The molecule has 32 heavy (non-hydrogen) atoms. The van der Waals surface area contributed by atoms with Gasteiger partial charge in [0.25, 0.3) is 0 Å². The first-order valence-corrected chi connectivity index (χ1v) is 10.5. The van der Waals surface area contributed by atoms with E-state index in [1.54, 1.807) is 30.6 Å². The number of H-pyrrole nitrogens is 1. The van der Waals surface area contributed by atoms with Crippen molar-refractivity contribution in [1.29, 1.82) is 5.26 Å². The van der Waals surface area contributed by atoms with Crippen molar-refractivity contribution >= 4 is 22.7 Å². The number of ether oxygens (including phenoxy) is 1. The SMILES string of the molecule is C[C@@H](OC(=O)Nc1ccc(-c2[nH]c3cc(-c4ncccn4)ccc3c2C#N)cc1)C1CC1. The van der Waals surface area contributed by atoms with Crippen LogP contribution in [0.1, 0.15) is 25.3 Å². The normalized spacial score (nSPS) is 14.0. The maximum Gasteiger partial charge on any atom is 0.411 e. The van der Waals surface area contributed by atoms with E-state index in [2.05, 4.69) is 26.3 Å². The first-order chi connectivity index (χ1) is 15.6. The van der Waals surface area contributed by atoms with Gasteiger partial charge in [0, 0.05) is 34.5 Å². The summed E-state index contributed by atoms with van der Waals surface area (Å²) in [6.45, 7) is 1.93. The maximum atomic E-state index is 12.1. The van der Waals surface area contributed by atoms with Gasteiger partial charge in [0.1, 0.15) is 12.2 Å². The number of fused-ring (bicyclic) bond motifs is 1. The van der Waals surface area contributed by atoms with Crippen LogP contribution in [0.25, 0.3) is 33.5 Å². The molecule has 1 aliphatic rings. The van der Waals surface area contributed by atoms with E-state index in [4.69, 9.17) is 4.74 Å². The molecule has 1 aliphatic carbocycles. The zero-order valence-electron chi connectivity index (χ0n) is 17.5. The van der Waals surface area contributed by atoms with Gasteiger partial charge in [0.15, 0.2) is 5.82 Å². The monoisotopic (exact) mass is 423 g/mol. The molecule has 0 aliphatic heterocycles. The van der Waals surface area contributed by atoms with Gasteiger partial charge in [0.2, 0.25) is 0 Å². The van der Waals surface area contributed by atoms with E-state index in [9.17, 15) is 10.1 Å². The van der Waals surface area contributed by atoms with E-state index < -0.39 is 6.09 Å². The fourth-order valence-corrected chi connectivity index (χ4v) is 3.82. The van der Waals surface area contributed by atoms with Crippen LogP contribution in [-0.4, -0.2) is 27.1 Å². The lowest BCUT2D eigenvalue weighted by atomic mass is 10.0. The second kappa shape index (κ2) is 8.16. The maximum absolute atomic E-state index is 12.1. The number of carbonyl (C=O) groups excluding carboxylic acids is 1. The number of anilines is 1. The highest BCUT2D eigenvalue weighted by atomic mass is 16.6. The Morgan fingerprint density at radius 2 is 1.88 bits per heavy atom. The highest BCUT2D eigenvalue weighted by Crippen LogP contribution is 2.34. The van der Waals surface area contributed by atoms with Crippen molar-refractivity contribution in [2.45, 2.75) is 25.9 Å². The number of hydrogen-bond acceptors (Lipinski definition) is 5. The Morgan fingerprint density at radius 1 is 1.16 bits per heavy atom. The van der Waals surface area contributed by atoms with E-state index in [0.29, 0.717) is 23.0 Å². The van der Waals surface area contributed by atoms with Crippen LogP contribution in [0.4, 0.5) is 10.5 Å². The first-order valence-electron chi connectivity index (χ1n) is 10.5. The molecule has 0 saturated heterocycles. The fourth-order valence-electron chi connectivity index (χ4n) is 3.82. The summed E-state index contributed by atoms with van der Waals surface area (Å²) in [6.07, 6.45) is 5.13. The average Bonchev–Trinajstić information content (AvgIpc) is 3.60. The van der Waals surface area contributed by atoms with Crippen LogP contribution in [0.15, 0.2) is 60.9 Å². The van der Waals surface area contributed by atoms with Gasteiger partial charge >= 0.3 is 6.09 Å². The number of hydrogen-bond donors (Lipinski definition) is 2. The van der Waals surface area contributed by atoms with E-state index >= 15 is 0 Å². The predicted octanol–water partition coefficient (Wildman–Crippen LogP) is 5.51. The Morgan fingerprint density at radius 3 is 2.56 bits per heavy atom. The van der Waals surface area contributed by atoms with Crippen molar-refractivity contribution < 1.29 is 9.53 Å². The lowest BCUT2D eigenvalue weighted by Gasteiger charge is -2.13. The summed E-state index contributed by atoms with van der Waals surface area (Å²) in [4.78, 5) is 24.0. The molecule has 7 nitrogen and oxygen atoms in total. The molecule has 5 rings (SSSR count). The summed E-state index contributed by atoms with van der Waals surface area (Å²) < 4.78 is 5.41. The van der Waals surface area contributed by atoms with Gasteiger partial charge in [-0.2, -0.15) is 5.26 Å². The van der Waals surface area contributed by atoms with Crippen LogP contribution in [0.3, 0.4) is 0 Å². The van der Waals surface area contributed by atoms with Gasteiger partial charge in [0.05, 0.1) is 11.3 Å². The Kier molecular flexibility index (Phi) is 5.04. The molecular formula is C25H21N5O2. The van der Waals surface area contributed by atoms with Gasteiger partial charge in [-0.25, -0.2) is 14.8 Å². The summed E-state index contributed by atoms with van der Waals surface area (Å²) in [5, 5.41) is 13.4. The third-order valence-electron chi connectivity index (χ3n) is 5.73. The van der Waals surface area contributed by atoms with E-state index in [1.807, 2.05) is 37.3 Å². The topological polar surface area (TPSA) is 104 Å². The van der Waals surface area contributed by atoms with Gasteiger partial charge in [-0.15, -0.1) is 0 Å². The third-order valence-corrected chi connectivity index (χ3v) is 5.73. The summed E-state index contributed by atoms with van der Waals surface area (Å²) in [7, 11) is 0. The number of amides is 1. The van der Waals surface area contributed by atoms with Crippen LogP contribution in [0.2, 0.25) is 0 Å². The summed E-state index contributed by atoms with van der Waals surface area (Å²) in [5.41, 5.74) is 4.49. The van der Waals surface area contributed by atoms with Crippen molar-refractivity contribution in [3.63, 3.8) is 0 Å². The van der Waals surface area contributed by atoms with Gasteiger partial charge < -0.3 is 9.72 Å². The number of nitrogens with one attached hydrogen (secondary N) is 2. The molecular weight excluding hydrogens is 402 g/mol. The van der Waals surface area contributed by atoms with Crippen LogP contribution in [0.5, 0.6) is 0 Å². The molecule has 1 saturated carbocycles. The minimum Gasteiger partial charge on any atom is -0.446 e. The van der Waals surface area contributed by atoms with E-state index in [-0.39, 0.29) is 6.10 Å². The Balaban J connectivity index is 1.40. The van der Waals surface area contributed by atoms with E-state index in [0.717, 1.165) is 40.6 Å². The van der Waals surface area contributed by atoms with Crippen LogP contribution >= 0.6 is 0 Å². The molecule has 2 N–H and O–H groups in total. The molecule has 0 radical (unpaired) electrons. The number of aromatic nitrogens is 3. The first kappa shape index (κ1) is 19.8. The molecule has 4 aromatic rings. The molecule has 0 bridgehead atoms. The lowest BCUT2D eigenvalue weighted by molar-refractivity contribution is 0.108. The number of nitrogens with zero attached hydrogens (tertiary/aromatic N) is 3. The van der Waals surface area contributed by atoms with Crippen LogP contribution in [-0.2, 0) is 4.74 Å². The molecule has 1 atom stereocenters. The van der Waals surface area contributed by atoms with Crippen molar-refractivity contribution in [1.82, 2.24) is 15.0 Å². The minimum atomic E-state index is -0.448. The van der Waals surface area contributed by atoms with E-state index in [1.165, 1.54) is 0 Å². The molecule has 7 heteroatoms. The van der Waals surface area contributed by atoms with Crippen molar-refractivity contribution in [2.75, 3.05) is 5.32 Å². The zero-order valence-corrected chi connectivity index (χ0v) is 17.5. The zero-order chi connectivity index (χ0) is 22.1. The summed E-state index contributed by atoms with van der Waals surface area (Å²) in [6, 6.07) is 17.2. The fraction of sp³-hybridized carbons (Fsp3) is 0.200. The number of benzene rings is 2. The predicted molar refractivity (Wildman–Crippen MR) is 122 cm³/mol. The quantitative estimate of drug-likeness (QED) is 0.440. The molecule has 2 aromatic heterocycles. The van der Waals surface area contributed by atoms with Crippen molar-refractivity contribution in [3.8, 4) is 28.7 Å². The smallest absolute Gasteiger partial charge is 0.411 e. The molecule has 0 spiro atoms. The molecule has 2 heterocycles. The lowest BCUT2D eigenvalue weighted by Crippen LogP contribution is -2.21. The molecule has 0 unspecified atom stereocenters. The Hall–Kier alpha value is -4.18.